The summed E-state index contributed by atoms with van der Waals surface area (Å²) in [6.07, 6.45) is 0.222. The number of anilines is 1. The second-order valence-corrected chi connectivity index (χ2v) is 6.22. The van der Waals surface area contributed by atoms with E-state index in [2.05, 4.69) is 6.07 Å². The van der Waals surface area contributed by atoms with Gasteiger partial charge in [-0.2, -0.15) is 10.5 Å². The molecule has 2 rings (SSSR count). The zero-order valence-electron chi connectivity index (χ0n) is 16.4. The highest BCUT2D eigenvalue weighted by Crippen LogP contribution is 2.28. The lowest BCUT2D eigenvalue weighted by atomic mass is 10.1. The Hall–Kier alpha value is -3.51. The van der Waals surface area contributed by atoms with Gasteiger partial charge in [-0.15, -0.1) is 0 Å². The molecule has 0 bridgehead atoms. The molecule has 0 heterocycles. The maximum Gasteiger partial charge on any atom is 0.264 e. The summed E-state index contributed by atoms with van der Waals surface area (Å²) < 4.78 is 11.2. The van der Waals surface area contributed by atoms with Gasteiger partial charge in [0.2, 0.25) is 0 Å². The third-order valence-electron chi connectivity index (χ3n) is 4.27. The van der Waals surface area contributed by atoms with E-state index in [1.807, 2.05) is 45.0 Å². The van der Waals surface area contributed by atoms with Gasteiger partial charge in [0.25, 0.3) is 5.91 Å². The average molecular weight is 377 g/mol. The Kier molecular flexibility index (Phi) is 7.42. The minimum atomic E-state index is -0.259. The van der Waals surface area contributed by atoms with Crippen LogP contribution < -0.4 is 14.4 Å². The van der Waals surface area contributed by atoms with Crippen LogP contribution in [-0.2, 0) is 4.79 Å². The normalized spacial score (nSPS) is 9.89. The molecule has 0 fully saturated rings. The van der Waals surface area contributed by atoms with Gasteiger partial charge in [-0.05, 0) is 56.2 Å². The Labute approximate surface area is 165 Å². The molecule has 0 aliphatic rings. The third-order valence-corrected chi connectivity index (χ3v) is 4.27. The molecule has 0 N–H and O–H groups in total. The highest BCUT2D eigenvalue weighted by molar-refractivity contribution is 5.94. The number of benzene rings is 2. The van der Waals surface area contributed by atoms with E-state index < -0.39 is 0 Å². The quantitative estimate of drug-likeness (QED) is 0.696. The molecule has 0 radical (unpaired) electrons. The summed E-state index contributed by atoms with van der Waals surface area (Å²) >= 11 is 0. The summed E-state index contributed by atoms with van der Waals surface area (Å²) in [4.78, 5) is 14.4. The lowest BCUT2D eigenvalue weighted by Crippen LogP contribution is -2.35. The fourth-order valence-corrected chi connectivity index (χ4v) is 2.64. The molecule has 0 spiro atoms. The van der Waals surface area contributed by atoms with Crippen molar-refractivity contribution in [2.24, 2.45) is 0 Å². The van der Waals surface area contributed by atoms with Crippen LogP contribution in [0, 0.1) is 36.5 Å². The smallest absolute Gasteiger partial charge is 0.264 e. The Morgan fingerprint density at radius 1 is 1.04 bits per heavy atom. The predicted molar refractivity (Wildman–Crippen MR) is 106 cm³/mol. The summed E-state index contributed by atoms with van der Waals surface area (Å²) in [5.41, 5.74) is 3.38. The molecule has 0 aliphatic heterocycles. The van der Waals surface area contributed by atoms with Gasteiger partial charge in [-0.3, -0.25) is 4.79 Å². The lowest BCUT2D eigenvalue weighted by Gasteiger charge is -2.23. The van der Waals surface area contributed by atoms with Crippen LogP contribution in [0.1, 0.15) is 30.0 Å². The molecule has 28 heavy (non-hydrogen) atoms. The number of carbonyl (C=O) groups is 1. The van der Waals surface area contributed by atoms with Gasteiger partial charge in [-0.25, -0.2) is 0 Å². The highest BCUT2D eigenvalue weighted by atomic mass is 16.5. The van der Waals surface area contributed by atoms with E-state index in [1.54, 1.807) is 23.1 Å². The van der Waals surface area contributed by atoms with E-state index in [1.165, 1.54) is 0 Å². The largest absolute Gasteiger partial charge is 0.490 e. The van der Waals surface area contributed by atoms with Crippen molar-refractivity contribution in [3.8, 4) is 23.6 Å². The van der Waals surface area contributed by atoms with E-state index in [4.69, 9.17) is 20.0 Å². The molecule has 144 valence electrons. The van der Waals surface area contributed by atoms with Gasteiger partial charge in [0.05, 0.1) is 30.7 Å². The predicted octanol–water partition coefficient (Wildman–Crippen LogP) is 3.90. The molecule has 0 aliphatic carbocycles. The monoisotopic (exact) mass is 377 g/mol. The van der Waals surface area contributed by atoms with E-state index in [0.29, 0.717) is 23.7 Å². The van der Waals surface area contributed by atoms with Gasteiger partial charge >= 0.3 is 0 Å². The minimum absolute atomic E-state index is 0.204. The van der Waals surface area contributed by atoms with Crippen LogP contribution in [0.4, 0.5) is 5.69 Å². The van der Waals surface area contributed by atoms with Crippen LogP contribution in [0.2, 0.25) is 0 Å². The number of nitriles is 2. The molecule has 2 aromatic rings. The Bertz CT molecular complexity index is 926. The topological polar surface area (TPSA) is 86.3 Å². The first-order chi connectivity index (χ1) is 13.5. The SMILES string of the molecule is CCOc1cc(C#N)ccc1OCC(=O)N(CCC#N)c1ccc(C)c(C)c1. The summed E-state index contributed by atoms with van der Waals surface area (Å²) in [7, 11) is 0. The Balaban J connectivity index is 2.19. The number of ether oxygens (including phenoxy) is 2. The number of amides is 1. The summed E-state index contributed by atoms with van der Waals surface area (Å²) in [6, 6.07) is 14.7. The second-order valence-electron chi connectivity index (χ2n) is 6.22. The fourth-order valence-electron chi connectivity index (χ4n) is 2.64. The van der Waals surface area contributed by atoms with Crippen LogP contribution >= 0.6 is 0 Å². The molecule has 1 amide bonds. The fraction of sp³-hybridized carbons (Fsp3) is 0.318. The number of carbonyl (C=O) groups excluding carboxylic acids is 1. The van der Waals surface area contributed by atoms with Crippen molar-refractivity contribution in [3.63, 3.8) is 0 Å². The molecule has 0 saturated carbocycles. The number of nitrogens with zero attached hydrogens (tertiary/aromatic N) is 3. The molecular formula is C22H23N3O3. The molecule has 6 heteroatoms. The lowest BCUT2D eigenvalue weighted by molar-refractivity contribution is -0.120. The molecule has 0 atom stereocenters. The molecule has 2 aromatic carbocycles. The molecule has 0 aromatic heterocycles. The first kappa shape index (κ1) is 20.8. The summed E-state index contributed by atoms with van der Waals surface area (Å²) in [5.74, 6) is 0.559. The van der Waals surface area contributed by atoms with Crippen LogP contribution in [0.5, 0.6) is 11.5 Å². The zero-order valence-corrected chi connectivity index (χ0v) is 16.4. The summed E-state index contributed by atoms with van der Waals surface area (Å²) in [6.45, 7) is 6.31. The molecule has 0 saturated heterocycles. The highest BCUT2D eigenvalue weighted by Gasteiger charge is 2.18. The standard InChI is InChI=1S/C22H23N3O3/c1-4-27-21-13-18(14-24)7-9-20(21)28-15-22(26)25(11-5-10-23)19-8-6-16(2)17(3)12-19/h6-9,12-13H,4-5,11,15H2,1-3H3. The van der Waals surface area contributed by atoms with E-state index in [0.717, 1.165) is 16.8 Å². The van der Waals surface area contributed by atoms with Crippen molar-refractivity contribution in [3.05, 3.63) is 53.1 Å². The van der Waals surface area contributed by atoms with Gasteiger partial charge in [-0.1, -0.05) is 6.07 Å². The van der Waals surface area contributed by atoms with Crippen molar-refractivity contribution in [2.45, 2.75) is 27.2 Å². The van der Waals surface area contributed by atoms with Crippen LogP contribution in [0.25, 0.3) is 0 Å². The van der Waals surface area contributed by atoms with E-state index in [-0.39, 0.29) is 25.5 Å². The summed E-state index contributed by atoms with van der Waals surface area (Å²) in [5, 5.41) is 18.0. The molecular weight excluding hydrogens is 354 g/mol. The van der Waals surface area contributed by atoms with Crippen molar-refractivity contribution in [2.75, 3.05) is 24.7 Å². The van der Waals surface area contributed by atoms with Crippen molar-refractivity contribution in [1.82, 2.24) is 0 Å². The zero-order chi connectivity index (χ0) is 20.5. The van der Waals surface area contributed by atoms with Crippen molar-refractivity contribution in [1.29, 1.82) is 10.5 Å². The first-order valence-electron chi connectivity index (χ1n) is 9.04. The average Bonchev–Trinajstić information content (AvgIpc) is 2.70. The maximum atomic E-state index is 12.8. The number of rotatable bonds is 8. The number of hydrogen-bond acceptors (Lipinski definition) is 5. The number of aryl methyl sites for hydroxylation is 2. The van der Waals surface area contributed by atoms with Crippen LogP contribution in [0.15, 0.2) is 36.4 Å². The number of hydrogen-bond donors (Lipinski definition) is 0. The van der Waals surface area contributed by atoms with Crippen molar-refractivity contribution < 1.29 is 14.3 Å². The minimum Gasteiger partial charge on any atom is -0.490 e. The maximum absolute atomic E-state index is 12.8. The van der Waals surface area contributed by atoms with Crippen LogP contribution in [0.3, 0.4) is 0 Å². The second kappa shape index (κ2) is 9.99. The third kappa shape index (κ3) is 5.25. The Morgan fingerprint density at radius 2 is 1.82 bits per heavy atom. The molecule has 6 nitrogen and oxygen atoms in total. The Morgan fingerprint density at radius 3 is 2.46 bits per heavy atom. The van der Waals surface area contributed by atoms with Gasteiger partial charge in [0.1, 0.15) is 0 Å². The van der Waals surface area contributed by atoms with E-state index >= 15 is 0 Å². The van der Waals surface area contributed by atoms with Gasteiger partial charge in [0.15, 0.2) is 18.1 Å². The van der Waals surface area contributed by atoms with Crippen molar-refractivity contribution >= 4 is 11.6 Å². The van der Waals surface area contributed by atoms with Crippen LogP contribution in [-0.4, -0.2) is 25.7 Å². The molecule has 0 unspecified atom stereocenters. The van der Waals surface area contributed by atoms with E-state index in [9.17, 15) is 4.79 Å². The van der Waals surface area contributed by atoms with Gasteiger partial charge < -0.3 is 14.4 Å². The first-order valence-corrected chi connectivity index (χ1v) is 9.04. The van der Waals surface area contributed by atoms with Gasteiger partial charge in [0, 0.05) is 18.3 Å².